The Balaban J connectivity index is 1.81. The molecule has 176 valence electrons. The maximum atomic E-state index is 12.2. The summed E-state index contributed by atoms with van der Waals surface area (Å²) in [5.74, 6) is 0.239. The summed E-state index contributed by atoms with van der Waals surface area (Å²) in [6.07, 6.45) is 2.10. The molecule has 3 heterocycles. The third kappa shape index (κ3) is 6.05. The Bertz CT molecular complexity index is 1230. The maximum absolute atomic E-state index is 12.2. The van der Waals surface area contributed by atoms with Crippen LogP contribution in [0.3, 0.4) is 0 Å². The van der Waals surface area contributed by atoms with Gasteiger partial charge in [0.2, 0.25) is 11.6 Å². The zero-order chi connectivity index (χ0) is 23.7. The summed E-state index contributed by atoms with van der Waals surface area (Å²) in [5.41, 5.74) is 0.0718. The van der Waals surface area contributed by atoms with Crippen LogP contribution < -0.4 is 20.9 Å². The number of aryl methyl sites for hydroxylation is 1. The lowest BCUT2D eigenvalue weighted by Crippen LogP contribution is -2.43. The normalized spacial score (nSPS) is 12.9. The van der Waals surface area contributed by atoms with Gasteiger partial charge in [0, 0.05) is 12.1 Å². The van der Waals surface area contributed by atoms with E-state index in [0.717, 1.165) is 5.56 Å². The molecular formula is C18H27N7O6S. The lowest BCUT2D eigenvalue weighted by molar-refractivity contribution is 0.271. The molecule has 3 aromatic rings. The van der Waals surface area contributed by atoms with Gasteiger partial charge in [0.15, 0.2) is 5.69 Å². The van der Waals surface area contributed by atoms with Crippen molar-refractivity contribution in [3.8, 4) is 11.5 Å². The van der Waals surface area contributed by atoms with Crippen molar-refractivity contribution >= 4 is 16.0 Å². The molecule has 4 N–H and O–H groups in total. The number of nitrogens with one attached hydrogen (secondary N) is 2. The van der Waals surface area contributed by atoms with E-state index < -0.39 is 26.9 Å². The summed E-state index contributed by atoms with van der Waals surface area (Å²) in [4.78, 5) is 12.2. The number of anilines is 1. The predicted octanol–water partition coefficient (Wildman–Crippen LogP) is 1.24. The molecule has 3 aromatic heterocycles. The molecule has 0 atom stereocenters. The lowest BCUT2D eigenvalue weighted by atomic mass is 9.80. The molecule has 14 heteroatoms. The third-order valence-electron chi connectivity index (χ3n) is 4.61. The topological polar surface area (TPSA) is 184 Å². The number of nitrogens with two attached hydrogens (primary N) is 1. The Morgan fingerprint density at radius 3 is 2.53 bits per heavy atom. The average molecular weight is 470 g/mol. The molecule has 0 bridgehead atoms. The van der Waals surface area contributed by atoms with Gasteiger partial charge in [0.05, 0.1) is 12.8 Å². The lowest BCUT2D eigenvalue weighted by Gasteiger charge is -2.35. The van der Waals surface area contributed by atoms with Gasteiger partial charge in [-0.05, 0) is 54.6 Å². The summed E-state index contributed by atoms with van der Waals surface area (Å²) in [7, 11) is -3.80. The van der Waals surface area contributed by atoms with Gasteiger partial charge in [0.25, 0.3) is 10.2 Å². The van der Waals surface area contributed by atoms with Crippen molar-refractivity contribution in [1.82, 2.24) is 24.8 Å². The summed E-state index contributed by atoms with van der Waals surface area (Å²) < 4.78 is 41.2. The van der Waals surface area contributed by atoms with Crippen molar-refractivity contribution in [3.05, 3.63) is 34.2 Å². The largest absolute Gasteiger partial charge is 0.467 e. The second-order valence-corrected chi connectivity index (χ2v) is 10.5. The first-order chi connectivity index (χ1) is 14.7. The van der Waals surface area contributed by atoms with E-state index in [1.165, 1.54) is 4.57 Å². The first kappa shape index (κ1) is 23.7. The zero-order valence-corrected chi connectivity index (χ0v) is 19.3. The van der Waals surface area contributed by atoms with Crippen LogP contribution in [0.25, 0.3) is 11.5 Å². The molecule has 13 nitrogen and oxygen atoms in total. The fourth-order valence-corrected chi connectivity index (χ4v) is 4.24. The van der Waals surface area contributed by atoms with Crippen molar-refractivity contribution in [1.29, 1.82) is 0 Å². The first-order valence-electron chi connectivity index (χ1n) is 9.74. The highest BCUT2D eigenvalue weighted by atomic mass is 32.2. The van der Waals surface area contributed by atoms with Crippen LogP contribution in [0.2, 0.25) is 0 Å². The Morgan fingerprint density at radius 1 is 1.19 bits per heavy atom. The SMILES string of the molecule is Cc1coc(Cn2c(-c3nonc3NC(C)(C)CC(C)(C)CNS(N)(=O)=O)noc2=O)c1. The van der Waals surface area contributed by atoms with E-state index in [-0.39, 0.29) is 30.4 Å². The Kier molecular flexibility index (Phi) is 6.31. The van der Waals surface area contributed by atoms with E-state index in [4.69, 9.17) is 18.7 Å². The predicted molar refractivity (Wildman–Crippen MR) is 114 cm³/mol. The van der Waals surface area contributed by atoms with Crippen LogP contribution in [0.15, 0.2) is 30.7 Å². The number of hydrogen-bond acceptors (Lipinski definition) is 10. The van der Waals surface area contributed by atoms with E-state index in [1.807, 2.05) is 34.6 Å². The van der Waals surface area contributed by atoms with Gasteiger partial charge < -0.3 is 9.73 Å². The van der Waals surface area contributed by atoms with Gasteiger partial charge in [-0.25, -0.2) is 23.9 Å². The quantitative estimate of drug-likeness (QED) is 0.390. The van der Waals surface area contributed by atoms with E-state index >= 15 is 0 Å². The summed E-state index contributed by atoms with van der Waals surface area (Å²) in [6.45, 7) is 9.72. The van der Waals surface area contributed by atoms with Crippen LogP contribution in [0.4, 0.5) is 5.82 Å². The summed E-state index contributed by atoms with van der Waals surface area (Å²) in [6, 6.07) is 1.80. The number of rotatable bonds is 10. The Labute approximate surface area is 184 Å². The van der Waals surface area contributed by atoms with Crippen LogP contribution in [0.1, 0.15) is 45.4 Å². The van der Waals surface area contributed by atoms with Crippen molar-refractivity contribution in [2.75, 3.05) is 11.9 Å². The third-order valence-corrected chi connectivity index (χ3v) is 5.16. The first-order valence-corrected chi connectivity index (χ1v) is 11.3. The van der Waals surface area contributed by atoms with E-state index in [0.29, 0.717) is 12.2 Å². The molecule has 0 saturated carbocycles. The second kappa shape index (κ2) is 8.52. The average Bonchev–Trinajstić information content (AvgIpc) is 3.34. The van der Waals surface area contributed by atoms with E-state index in [9.17, 15) is 13.2 Å². The monoisotopic (exact) mass is 469 g/mol. The van der Waals surface area contributed by atoms with Gasteiger partial charge in [-0.1, -0.05) is 19.0 Å². The maximum Gasteiger partial charge on any atom is 0.442 e. The van der Waals surface area contributed by atoms with Gasteiger partial charge in [0.1, 0.15) is 5.76 Å². The molecule has 0 aliphatic rings. The highest BCUT2D eigenvalue weighted by Gasteiger charge is 2.32. The van der Waals surface area contributed by atoms with Gasteiger partial charge >= 0.3 is 5.76 Å². The molecule has 0 radical (unpaired) electrons. The fraction of sp³-hybridized carbons (Fsp3) is 0.556. The number of aromatic nitrogens is 4. The van der Waals surface area contributed by atoms with E-state index in [1.54, 1.807) is 12.3 Å². The van der Waals surface area contributed by atoms with Crippen molar-refractivity contribution in [3.63, 3.8) is 0 Å². The minimum Gasteiger partial charge on any atom is -0.467 e. The molecule has 0 aromatic carbocycles. The van der Waals surface area contributed by atoms with Crippen molar-refractivity contribution < 1.29 is 22.0 Å². The molecule has 0 spiro atoms. The number of furan rings is 1. The van der Waals surface area contributed by atoms with Crippen molar-refractivity contribution in [2.45, 2.75) is 53.1 Å². The van der Waals surface area contributed by atoms with Gasteiger partial charge in [-0.2, -0.15) is 8.42 Å². The molecule has 0 aliphatic heterocycles. The smallest absolute Gasteiger partial charge is 0.442 e. The molecule has 0 fully saturated rings. The minimum absolute atomic E-state index is 0.0907. The van der Waals surface area contributed by atoms with Gasteiger partial charge in [-0.15, -0.1) is 0 Å². The Morgan fingerprint density at radius 2 is 1.91 bits per heavy atom. The van der Waals surface area contributed by atoms with Crippen LogP contribution in [0.5, 0.6) is 0 Å². The molecule has 0 amide bonds. The molecule has 0 saturated heterocycles. The molecule has 32 heavy (non-hydrogen) atoms. The molecular weight excluding hydrogens is 442 g/mol. The highest BCUT2D eigenvalue weighted by Crippen LogP contribution is 2.32. The molecule has 0 unspecified atom stereocenters. The minimum atomic E-state index is -3.80. The van der Waals surface area contributed by atoms with Crippen LogP contribution in [-0.4, -0.2) is 40.5 Å². The summed E-state index contributed by atoms with van der Waals surface area (Å²) >= 11 is 0. The standard InChI is InChI=1S/C18H27N7O6S/c1-11-6-12(29-8-11)7-25-15(24-30-16(25)26)13-14(23-31-22-13)21-18(4,5)9-17(2,3)10-20-32(19,27)28/h6,8,20H,7,9-10H2,1-5H3,(H,21,23)(H2,19,27,28). The van der Waals surface area contributed by atoms with Crippen LogP contribution in [0, 0.1) is 12.3 Å². The second-order valence-electron chi connectivity index (χ2n) is 9.13. The number of nitrogens with zero attached hydrogens (tertiary/aromatic N) is 4. The highest BCUT2D eigenvalue weighted by molar-refractivity contribution is 7.87. The summed E-state index contributed by atoms with van der Waals surface area (Å²) in [5, 5.41) is 19.9. The van der Waals surface area contributed by atoms with E-state index in [2.05, 4.69) is 25.5 Å². The molecule has 3 rings (SSSR count). The fourth-order valence-electron chi connectivity index (χ4n) is 3.64. The van der Waals surface area contributed by atoms with Crippen LogP contribution >= 0.6 is 0 Å². The number of hydrogen-bond donors (Lipinski definition) is 3. The molecule has 0 aliphatic carbocycles. The Hall–Kier alpha value is -2.97. The van der Waals surface area contributed by atoms with Gasteiger partial charge in [-0.3, -0.25) is 4.52 Å². The van der Waals surface area contributed by atoms with Crippen molar-refractivity contribution in [2.24, 2.45) is 10.6 Å². The van der Waals surface area contributed by atoms with Crippen LogP contribution in [-0.2, 0) is 16.8 Å². The zero-order valence-electron chi connectivity index (χ0n) is 18.5.